The van der Waals surface area contributed by atoms with Crippen LogP contribution in [0.25, 0.3) is 0 Å². The smallest absolute Gasteiger partial charge is 0.0205 e. The molecule has 0 saturated carbocycles. The normalized spacial score (nSPS) is 29.3. The van der Waals surface area contributed by atoms with E-state index in [1.165, 1.54) is 58.3 Å². The van der Waals surface area contributed by atoms with Crippen molar-refractivity contribution in [3.8, 4) is 0 Å². The first-order chi connectivity index (χ1) is 6.35. The fraction of sp³-hybridized carbons (Fsp3) is 1.00. The Balaban J connectivity index is 1.87. The Hall–Kier alpha value is -0.0800. The molecule has 2 saturated heterocycles. The minimum absolute atomic E-state index is 0.546. The van der Waals surface area contributed by atoms with Crippen LogP contribution in [-0.2, 0) is 0 Å². The van der Waals surface area contributed by atoms with Gasteiger partial charge in [-0.15, -0.1) is 0 Å². The second kappa shape index (κ2) is 3.97. The first-order valence-corrected chi connectivity index (χ1v) is 5.82. The quantitative estimate of drug-likeness (QED) is 0.663. The van der Waals surface area contributed by atoms with Gasteiger partial charge in [0.25, 0.3) is 0 Å². The van der Waals surface area contributed by atoms with E-state index in [0.29, 0.717) is 5.54 Å². The van der Waals surface area contributed by atoms with Crippen molar-refractivity contribution in [1.29, 1.82) is 0 Å². The lowest BCUT2D eigenvalue weighted by Gasteiger charge is -2.44. The van der Waals surface area contributed by atoms with E-state index in [1.54, 1.807) is 0 Å². The minimum atomic E-state index is 0.546. The van der Waals surface area contributed by atoms with Crippen molar-refractivity contribution in [1.82, 2.24) is 10.2 Å². The zero-order valence-electron chi connectivity index (χ0n) is 8.81. The second-order valence-corrected chi connectivity index (χ2v) is 4.60. The number of likely N-dealkylation sites (tertiary alicyclic amines) is 1. The highest BCUT2D eigenvalue weighted by Gasteiger charge is 2.34. The van der Waals surface area contributed by atoms with Crippen molar-refractivity contribution < 1.29 is 0 Å². The third-order valence-electron chi connectivity index (χ3n) is 3.84. The Morgan fingerprint density at radius 3 is 2.46 bits per heavy atom. The van der Waals surface area contributed by atoms with Crippen LogP contribution in [0.15, 0.2) is 0 Å². The lowest BCUT2D eigenvalue weighted by molar-refractivity contribution is 0.116. The van der Waals surface area contributed by atoms with Crippen LogP contribution in [0, 0.1) is 0 Å². The molecule has 2 aliphatic rings. The Morgan fingerprint density at radius 2 is 1.92 bits per heavy atom. The Bertz CT molecular complexity index is 151. The fourth-order valence-corrected chi connectivity index (χ4v) is 2.75. The average Bonchev–Trinajstić information content (AvgIpc) is 2.20. The average molecular weight is 182 g/mol. The summed E-state index contributed by atoms with van der Waals surface area (Å²) in [6, 6.07) is 0. The Labute approximate surface area is 81.7 Å². The number of piperidine rings is 2. The molecule has 0 atom stereocenters. The van der Waals surface area contributed by atoms with E-state index in [0.717, 1.165) is 0 Å². The summed E-state index contributed by atoms with van der Waals surface area (Å²) in [5.74, 6) is 0. The highest BCUT2D eigenvalue weighted by Crippen LogP contribution is 2.29. The van der Waals surface area contributed by atoms with Crippen molar-refractivity contribution >= 4 is 0 Å². The highest BCUT2D eigenvalue weighted by molar-refractivity contribution is 4.94. The summed E-state index contributed by atoms with van der Waals surface area (Å²) in [4.78, 5) is 2.57. The van der Waals surface area contributed by atoms with Gasteiger partial charge in [-0.25, -0.2) is 0 Å². The molecule has 2 heteroatoms. The molecule has 2 nitrogen and oxygen atoms in total. The largest absolute Gasteiger partial charge is 0.311 e. The van der Waals surface area contributed by atoms with Gasteiger partial charge in [0.2, 0.25) is 0 Å². The molecule has 13 heavy (non-hydrogen) atoms. The van der Waals surface area contributed by atoms with E-state index in [2.05, 4.69) is 17.1 Å². The third kappa shape index (κ3) is 2.05. The summed E-state index contributed by atoms with van der Waals surface area (Å²) in [6.07, 6.45) is 7.00. The van der Waals surface area contributed by atoms with E-state index >= 15 is 0 Å². The van der Waals surface area contributed by atoms with E-state index in [4.69, 9.17) is 0 Å². The van der Waals surface area contributed by atoms with E-state index in [-0.39, 0.29) is 0 Å². The van der Waals surface area contributed by atoms with Gasteiger partial charge < -0.3 is 10.2 Å². The van der Waals surface area contributed by atoms with Crippen LogP contribution in [0.2, 0.25) is 0 Å². The van der Waals surface area contributed by atoms with Crippen LogP contribution in [0.3, 0.4) is 0 Å². The SMILES string of the molecule is CCN1CCC2(CCCCN2)CC1. The molecule has 1 N–H and O–H groups in total. The van der Waals surface area contributed by atoms with E-state index < -0.39 is 0 Å². The lowest BCUT2D eigenvalue weighted by Crippen LogP contribution is -2.55. The molecule has 0 aromatic heterocycles. The molecule has 2 fully saturated rings. The van der Waals surface area contributed by atoms with Crippen molar-refractivity contribution in [2.24, 2.45) is 0 Å². The van der Waals surface area contributed by atoms with Gasteiger partial charge in [0, 0.05) is 5.54 Å². The topological polar surface area (TPSA) is 15.3 Å². The van der Waals surface area contributed by atoms with Crippen LogP contribution in [0.1, 0.15) is 39.0 Å². The van der Waals surface area contributed by atoms with Crippen LogP contribution < -0.4 is 5.32 Å². The van der Waals surface area contributed by atoms with Crippen LogP contribution in [0.4, 0.5) is 0 Å². The molecular weight excluding hydrogens is 160 g/mol. The summed E-state index contributed by atoms with van der Waals surface area (Å²) in [5.41, 5.74) is 0.546. The molecule has 0 unspecified atom stereocenters. The maximum Gasteiger partial charge on any atom is 0.0205 e. The molecule has 0 bridgehead atoms. The van der Waals surface area contributed by atoms with Gasteiger partial charge in [0.15, 0.2) is 0 Å². The maximum absolute atomic E-state index is 3.75. The summed E-state index contributed by atoms with van der Waals surface area (Å²) < 4.78 is 0. The van der Waals surface area contributed by atoms with Gasteiger partial charge in [0.05, 0.1) is 0 Å². The summed E-state index contributed by atoms with van der Waals surface area (Å²) in [5, 5.41) is 3.75. The number of hydrogen-bond acceptors (Lipinski definition) is 2. The molecule has 0 aliphatic carbocycles. The molecule has 2 heterocycles. The van der Waals surface area contributed by atoms with Crippen LogP contribution in [0.5, 0.6) is 0 Å². The standard InChI is InChI=1S/C11H22N2/c1-2-13-9-6-11(7-10-13)5-3-4-8-12-11/h12H,2-10H2,1H3. The van der Waals surface area contributed by atoms with Gasteiger partial charge in [-0.05, 0) is 51.9 Å². The highest BCUT2D eigenvalue weighted by atomic mass is 15.1. The van der Waals surface area contributed by atoms with Crippen molar-refractivity contribution in [2.45, 2.75) is 44.6 Å². The van der Waals surface area contributed by atoms with E-state index in [9.17, 15) is 0 Å². The second-order valence-electron chi connectivity index (χ2n) is 4.60. The molecule has 0 amide bonds. The van der Waals surface area contributed by atoms with Gasteiger partial charge >= 0.3 is 0 Å². The zero-order valence-corrected chi connectivity index (χ0v) is 8.81. The van der Waals surface area contributed by atoms with Gasteiger partial charge in [-0.2, -0.15) is 0 Å². The van der Waals surface area contributed by atoms with Gasteiger partial charge in [0.1, 0.15) is 0 Å². The monoisotopic (exact) mass is 182 g/mol. The third-order valence-corrected chi connectivity index (χ3v) is 3.84. The molecule has 76 valence electrons. The first kappa shape index (κ1) is 9.47. The Kier molecular flexibility index (Phi) is 2.89. The number of nitrogens with zero attached hydrogens (tertiary/aromatic N) is 1. The predicted octanol–water partition coefficient (Wildman–Crippen LogP) is 1.61. The molecule has 2 rings (SSSR count). The number of rotatable bonds is 1. The summed E-state index contributed by atoms with van der Waals surface area (Å²) in [7, 11) is 0. The molecule has 2 aliphatic heterocycles. The predicted molar refractivity (Wildman–Crippen MR) is 55.9 cm³/mol. The number of nitrogens with one attached hydrogen (secondary N) is 1. The fourth-order valence-electron chi connectivity index (χ4n) is 2.75. The molecular formula is C11H22N2. The molecule has 0 radical (unpaired) electrons. The summed E-state index contributed by atoms with van der Waals surface area (Å²) in [6.45, 7) is 7.38. The van der Waals surface area contributed by atoms with Crippen LogP contribution in [-0.4, -0.2) is 36.6 Å². The molecule has 0 aromatic carbocycles. The van der Waals surface area contributed by atoms with E-state index in [1.807, 2.05) is 0 Å². The minimum Gasteiger partial charge on any atom is -0.311 e. The first-order valence-electron chi connectivity index (χ1n) is 5.82. The molecule has 1 spiro atoms. The van der Waals surface area contributed by atoms with Gasteiger partial charge in [-0.3, -0.25) is 0 Å². The van der Waals surface area contributed by atoms with Crippen molar-refractivity contribution in [3.63, 3.8) is 0 Å². The number of hydrogen-bond donors (Lipinski definition) is 1. The van der Waals surface area contributed by atoms with Crippen molar-refractivity contribution in [3.05, 3.63) is 0 Å². The maximum atomic E-state index is 3.75. The summed E-state index contributed by atoms with van der Waals surface area (Å²) >= 11 is 0. The van der Waals surface area contributed by atoms with Crippen molar-refractivity contribution in [2.75, 3.05) is 26.2 Å². The lowest BCUT2D eigenvalue weighted by atomic mass is 9.80. The van der Waals surface area contributed by atoms with Gasteiger partial charge in [-0.1, -0.05) is 13.3 Å². The molecule has 0 aromatic rings. The Morgan fingerprint density at radius 1 is 1.15 bits per heavy atom. The van der Waals surface area contributed by atoms with Crippen LogP contribution >= 0.6 is 0 Å². The zero-order chi connectivity index (χ0) is 9.15.